The molecule has 0 aliphatic carbocycles. The fourth-order valence-corrected chi connectivity index (χ4v) is 4.53. The molecule has 0 radical (unpaired) electrons. The van der Waals surface area contributed by atoms with E-state index in [1.54, 1.807) is 6.92 Å². The van der Waals surface area contributed by atoms with Crippen LogP contribution < -0.4 is 10.6 Å². The Balaban J connectivity index is 1.34. The van der Waals surface area contributed by atoms with Crippen molar-refractivity contribution >= 4 is 33.9 Å². The molecule has 5 rings (SSSR count). The van der Waals surface area contributed by atoms with Crippen LogP contribution in [0.1, 0.15) is 36.8 Å². The van der Waals surface area contributed by atoms with Crippen molar-refractivity contribution in [2.75, 3.05) is 0 Å². The van der Waals surface area contributed by atoms with Gasteiger partial charge in [-0.15, -0.1) is 0 Å². The van der Waals surface area contributed by atoms with E-state index in [9.17, 15) is 9.59 Å². The van der Waals surface area contributed by atoms with Crippen LogP contribution in [0.15, 0.2) is 95.5 Å². The molecule has 0 saturated heterocycles. The Kier molecular flexibility index (Phi) is 6.68. The molecule has 3 N–H and O–H groups in total. The van der Waals surface area contributed by atoms with E-state index in [-0.39, 0.29) is 25.0 Å². The quantitative estimate of drug-likeness (QED) is 0.245. The van der Waals surface area contributed by atoms with E-state index in [4.69, 9.17) is 9.15 Å². The number of hydrogen-bond acceptors (Lipinski definition) is 4. The second kappa shape index (κ2) is 10.2. The van der Waals surface area contributed by atoms with Crippen LogP contribution in [0.4, 0.5) is 4.79 Å². The molecule has 7 heteroatoms. The highest BCUT2D eigenvalue weighted by molar-refractivity contribution is 5.91. The summed E-state index contributed by atoms with van der Waals surface area (Å²) in [5, 5.41) is 7.81. The van der Waals surface area contributed by atoms with E-state index in [1.165, 1.54) is 0 Å². The molecule has 0 saturated carbocycles. The predicted octanol–water partition coefficient (Wildman–Crippen LogP) is 6.02. The summed E-state index contributed by atoms with van der Waals surface area (Å²) in [4.78, 5) is 29.8. The molecule has 37 heavy (non-hydrogen) atoms. The van der Waals surface area contributed by atoms with E-state index >= 15 is 0 Å². The highest BCUT2D eigenvalue weighted by Gasteiger charge is 2.37. The van der Waals surface area contributed by atoms with E-state index in [1.807, 2.05) is 98.0 Å². The number of alkyl carbamates (subject to hydrolysis) is 1. The lowest BCUT2D eigenvalue weighted by Crippen LogP contribution is -2.58. The van der Waals surface area contributed by atoms with Gasteiger partial charge in [0.15, 0.2) is 6.61 Å². The zero-order chi connectivity index (χ0) is 25.8. The van der Waals surface area contributed by atoms with Gasteiger partial charge in [-0.05, 0) is 43.2 Å². The number of para-hydroxylation sites is 2. The smallest absolute Gasteiger partial charge is 0.408 e. The number of H-pyrrole nitrogens is 1. The molecular weight excluding hydrogens is 466 g/mol. The number of nitrogens with one attached hydrogen (secondary N) is 3. The Morgan fingerprint density at radius 3 is 2.54 bits per heavy atom. The Bertz CT molecular complexity index is 1510. The van der Waals surface area contributed by atoms with Gasteiger partial charge in [-0.3, -0.25) is 4.79 Å². The van der Waals surface area contributed by atoms with Crippen LogP contribution in [-0.4, -0.2) is 22.5 Å². The minimum Gasteiger partial charge on any atom is -0.457 e. The summed E-state index contributed by atoms with van der Waals surface area (Å²) < 4.78 is 11.2. The number of hydrogen-bond donors (Lipinski definition) is 3. The number of amides is 2. The van der Waals surface area contributed by atoms with Gasteiger partial charge in [-0.2, -0.15) is 0 Å². The lowest BCUT2D eigenvalue weighted by atomic mass is 9.91. The van der Waals surface area contributed by atoms with E-state index in [2.05, 4.69) is 15.6 Å². The van der Waals surface area contributed by atoms with E-state index < -0.39 is 11.6 Å². The molecule has 2 atom stereocenters. The first-order chi connectivity index (χ1) is 17.9. The summed E-state index contributed by atoms with van der Waals surface area (Å²) in [5.74, 6) is 0.214. The monoisotopic (exact) mass is 495 g/mol. The largest absolute Gasteiger partial charge is 0.457 e. The summed E-state index contributed by atoms with van der Waals surface area (Å²) in [6.07, 6.45) is 1.44. The summed E-state index contributed by atoms with van der Waals surface area (Å²) in [6.45, 7) is 3.58. The van der Waals surface area contributed by atoms with Crippen molar-refractivity contribution in [2.24, 2.45) is 0 Å². The maximum Gasteiger partial charge on any atom is 0.408 e. The van der Waals surface area contributed by atoms with Crippen LogP contribution in [-0.2, 0) is 22.6 Å². The zero-order valence-corrected chi connectivity index (χ0v) is 20.8. The molecule has 3 aromatic carbocycles. The van der Waals surface area contributed by atoms with E-state index in [0.29, 0.717) is 5.76 Å². The van der Waals surface area contributed by atoms with Crippen LogP contribution in [0.2, 0.25) is 0 Å². The van der Waals surface area contributed by atoms with Crippen LogP contribution >= 0.6 is 0 Å². The Hall–Kier alpha value is -4.52. The van der Waals surface area contributed by atoms with E-state index in [0.717, 1.165) is 33.0 Å². The van der Waals surface area contributed by atoms with Crippen molar-refractivity contribution in [3.63, 3.8) is 0 Å². The standard InChI is InChI=1S/C30H29N3O4/c1-20(21-10-4-3-5-11-21)32-28(34)30(2,17-23-18-31-26-14-8-7-13-25(23)26)33-29(35)36-19-24-16-22-12-6-9-15-27(22)37-24/h3-16,18,20,31H,17,19H2,1-2H3,(H,32,34)(H,33,35). The third kappa shape index (κ3) is 5.35. The SMILES string of the molecule is CC(NC(=O)C(C)(Cc1c[nH]c2ccccc12)NC(=O)OCc1cc2ccccc2o1)c1ccccc1. The number of fused-ring (bicyclic) bond motifs is 2. The number of carbonyl (C=O) groups excluding carboxylic acids is 2. The molecule has 0 aliphatic heterocycles. The molecule has 188 valence electrons. The average molecular weight is 496 g/mol. The van der Waals surface area contributed by atoms with Crippen molar-refractivity contribution in [2.45, 2.75) is 38.5 Å². The zero-order valence-electron chi connectivity index (χ0n) is 20.8. The van der Waals surface area contributed by atoms with Crippen molar-refractivity contribution in [3.8, 4) is 0 Å². The van der Waals surface area contributed by atoms with Gasteiger partial charge in [0.05, 0.1) is 6.04 Å². The second-order valence-electron chi connectivity index (χ2n) is 9.43. The van der Waals surface area contributed by atoms with Gasteiger partial charge in [0.1, 0.15) is 16.9 Å². The first-order valence-electron chi connectivity index (χ1n) is 12.2. The van der Waals surface area contributed by atoms with Gasteiger partial charge >= 0.3 is 6.09 Å². The van der Waals surface area contributed by atoms with Crippen LogP contribution in [0, 0.1) is 0 Å². The fraction of sp³-hybridized carbons (Fsp3) is 0.200. The van der Waals surface area contributed by atoms with Gasteiger partial charge < -0.3 is 24.8 Å². The lowest BCUT2D eigenvalue weighted by Gasteiger charge is -2.30. The highest BCUT2D eigenvalue weighted by Crippen LogP contribution is 2.24. The van der Waals surface area contributed by atoms with Gasteiger partial charge in [0.2, 0.25) is 5.91 Å². The molecular formula is C30H29N3O4. The maximum absolute atomic E-state index is 13.6. The van der Waals surface area contributed by atoms with Crippen molar-refractivity contribution in [3.05, 3.63) is 108 Å². The lowest BCUT2D eigenvalue weighted by molar-refractivity contribution is -0.127. The number of ether oxygens (including phenoxy) is 1. The summed E-state index contributed by atoms with van der Waals surface area (Å²) >= 11 is 0. The molecule has 7 nitrogen and oxygen atoms in total. The Morgan fingerprint density at radius 1 is 1.00 bits per heavy atom. The normalized spacial score (nSPS) is 13.7. The van der Waals surface area contributed by atoms with Gasteiger partial charge in [0, 0.05) is 28.9 Å². The van der Waals surface area contributed by atoms with Gasteiger partial charge in [-0.1, -0.05) is 66.7 Å². The fourth-order valence-electron chi connectivity index (χ4n) is 4.53. The molecule has 0 fully saturated rings. The topological polar surface area (TPSA) is 96.4 Å². The maximum atomic E-state index is 13.6. The van der Waals surface area contributed by atoms with Crippen molar-refractivity contribution in [1.82, 2.24) is 15.6 Å². The number of furan rings is 1. The molecule has 2 aromatic heterocycles. The third-order valence-electron chi connectivity index (χ3n) is 6.57. The van der Waals surface area contributed by atoms with Crippen molar-refractivity contribution < 1.29 is 18.7 Å². The number of rotatable bonds is 8. The number of aromatic amines is 1. The average Bonchev–Trinajstić information content (AvgIpc) is 3.51. The minimum absolute atomic E-state index is 0.0499. The first-order valence-corrected chi connectivity index (χ1v) is 12.2. The molecule has 2 unspecified atom stereocenters. The minimum atomic E-state index is -1.28. The number of benzene rings is 3. The first kappa shape index (κ1) is 24.2. The summed E-state index contributed by atoms with van der Waals surface area (Å²) in [7, 11) is 0. The van der Waals surface area contributed by atoms with Crippen LogP contribution in [0.25, 0.3) is 21.9 Å². The third-order valence-corrected chi connectivity index (χ3v) is 6.57. The molecule has 0 spiro atoms. The van der Waals surface area contributed by atoms with Crippen LogP contribution in [0.3, 0.4) is 0 Å². The van der Waals surface area contributed by atoms with Crippen molar-refractivity contribution in [1.29, 1.82) is 0 Å². The summed E-state index contributed by atoms with van der Waals surface area (Å²) in [5.41, 5.74) is 2.29. The van der Waals surface area contributed by atoms with Crippen LogP contribution in [0.5, 0.6) is 0 Å². The molecule has 2 amide bonds. The molecule has 0 bridgehead atoms. The van der Waals surface area contributed by atoms with Gasteiger partial charge in [0.25, 0.3) is 0 Å². The highest BCUT2D eigenvalue weighted by atomic mass is 16.6. The summed E-state index contributed by atoms with van der Waals surface area (Å²) in [6, 6.07) is 26.7. The number of carbonyl (C=O) groups is 2. The predicted molar refractivity (Wildman–Crippen MR) is 143 cm³/mol. The second-order valence-corrected chi connectivity index (χ2v) is 9.43. The number of aromatic nitrogens is 1. The Morgan fingerprint density at radius 2 is 1.73 bits per heavy atom. The Labute approximate surface area is 214 Å². The molecule has 2 heterocycles. The molecule has 0 aliphatic rings. The van der Waals surface area contributed by atoms with Gasteiger partial charge in [-0.25, -0.2) is 4.79 Å². The molecule has 5 aromatic rings.